The molecule has 0 bridgehead atoms. The highest BCUT2D eigenvalue weighted by molar-refractivity contribution is 7.17. The highest BCUT2D eigenvalue weighted by Gasteiger charge is 2.16. The van der Waals surface area contributed by atoms with E-state index in [-0.39, 0.29) is 10.6 Å². The predicted octanol–water partition coefficient (Wildman–Crippen LogP) is 5.83. The Morgan fingerprint density at radius 1 is 0.897 bits per heavy atom. The summed E-state index contributed by atoms with van der Waals surface area (Å²) in [6.07, 6.45) is 0. The lowest BCUT2D eigenvalue weighted by atomic mass is 10.0. The molecule has 29 heavy (non-hydrogen) atoms. The van der Waals surface area contributed by atoms with Crippen molar-refractivity contribution in [3.63, 3.8) is 0 Å². The van der Waals surface area contributed by atoms with Crippen molar-refractivity contribution in [1.29, 1.82) is 0 Å². The summed E-state index contributed by atoms with van der Waals surface area (Å²) in [4.78, 5) is 16.3. The lowest BCUT2D eigenvalue weighted by molar-refractivity contribution is -0.384. The fourth-order valence-electron chi connectivity index (χ4n) is 3.85. The minimum atomic E-state index is -0.375. The minimum Gasteiger partial charge on any atom is -0.285 e. The maximum absolute atomic E-state index is 11.1. The number of hydrogen-bond donors (Lipinski definition) is 0. The van der Waals surface area contributed by atoms with E-state index in [0.29, 0.717) is 6.54 Å². The standard InChI is InChI=1S/C23H17N3O2S/c1-2-24-23-25(15-11-13-16(14-12-15)26(27)28)21-19-9-5-3-7-17(19)18-8-4-6-10-20(18)22(21)29-23/h3-14H,2H2,1H3. The monoisotopic (exact) mass is 399 g/mol. The Kier molecular flexibility index (Phi) is 4.14. The van der Waals surface area contributed by atoms with E-state index < -0.39 is 0 Å². The van der Waals surface area contributed by atoms with E-state index in [2.05, 4.69) is 47.0 Å². The van der Waals surface area contributed by atoms with Crippen LogP contribution < -0.4 is 4.80 Å². The molecule has 0 atom stereocenters. The first-order valence-corrected chi connectivity index (χ1v) is 10.2. The second-order valence-corrected chi connectivity index (χ2v) is 7.71. The third-order valence-electron chi connectivity index (χ3n) is 5.08. The van der Waals surface area contributed by atoms with Crippen LogP contribution in [0.1, 0.15) is 6.92 Å². The summed E-state index contributed by atoms with van der Waals surface area (Å²) < 4.78 is 3.30. The maximum Gasteiger partial charge on any atom is 0.269 e. The van der Waals surface area contributed by atoms with Crippen molar-refractivity contribution in [2.75, 3.05) is 6.54 Å². The van der Waals surface area contributed by atoms with Crippen LogP contribution in [-0.4, -0.2) is 16.0 Å². The van der Waals surface area contributed by atoms with Gasteiger partial charge in [-0.05, 0) is 29.8 Å². The summed E-state index contributed by atoms with van der Waals surface area (Å²) in [7, 11) is 0. The Morgan fingerprint density at radius 3 is 2.10 bits per heavy atom. The molecule has 0 spiro atoms. The lowest BCUT2D eigenvalue weighted by Gasteiger charge is -2.10. The number of thiazole rings is 1. The second-order valence-electron chi connectivity index (χ2n) is 6.74. The highest BCUT2D eigenvalue weighted by atomic mass is 32.1. The SMILES string of the molecule is CCN=c1sc2c3ccccc3c3ccccc3c2n1-c1ccc([N+](=O)[O-])cc1. The van der Waals surface area contributed by atoms with Crippen molar-refractivity contribution in [2.45, 2.75) is 6.92 Å². The molecule has 0 fully saturated rings. The van der Waals surface area contributed by atoms with Gasteiger partial charge in [0.1, 0.15) is 0 Å². The highest BCUT2D eigenvalue weighted by Crippen LogP contribution is 2.37. The summed E-state index contributed by atoms with van der Waals surface area (Å²) in [5, 5.41) is 15.8. The molecule has 0 aliphatic carbocycles. The fraction of sp³-hybridized carbons (Fsp3) is 0.0870. The van der Waals surface area contributed by atoms with Crippen LogP contribution in [0.5, 0.6) is 0 Å². The van der Waals surface area contributed by atoms with Crippen LogP contribution in [0.2, 0.25) is 0 Å². The van der Waals surface area contributed by atoms with Gasteiger partial charge in [-0.2, -0.15) is 0 Å². The van der Waals surface area contributed by atoms with Crippen LogP contribution in [0.3, 0.4) is 0 Å². The van der Waals surface area contributed by atoms with Gasteiger partial charge in [-0.1, -0.05) is 59.9 Å². The third kappa shape index (κ3) is 2.72. The van der Waals surface area contributed by atoms with Crippen LogP contribution in [0.25, 0.3) is 37.4 Å². The van der Waals surface area contributed by atoms with Gasteiger partial charge in [-0.3, -0.25) is 19.7 Å². The molecule has 0 saturated carbocycles. The van der Waals surface area contributed by atoms with E-state index in [1.54, 1.807) is 35.6 Å². The molecule has 5 nitrogen and oxygen atoms in total. The largest absolute Gasteiger partial charge is 0.285 e. The van der Waals surface area contributed by atoms with Crippen LogP contribution in [0, 0.1) is 10.1 Å². The molecule has 0 aliphatic rings. The van der Waals surface area contributed by atoms with E-state index in [1.807, 2.05) is 13.0 Å². The molecular weight excluding hydrogens is 382 g/mol. The average molecular weight is 399 g/mol. The van der Waals surface area contributed by atoms with Crippen molar-refractivity contribution in [3.8, 4) is 5.69 Å². The lowest BCUT2D eigenvalue weighted by Crippen LogP contribution is -2.13. The Hall–Kier alpha value is -3.51. The molecule has 1 aromatic heterocycles. The first kappa shape index (κ1) is 17.6. The quantitative estimate of drug-likeness (QED) is 0.218. The predicted molar refractivity (Wildman–Crippen MR) is 119 cm³/mol. The van der Waals surface area contributed by atoms with E-state index in [1.165, 1.54) is 20.9 Å². The molecule has 142 valence electrons. The number of fused-ring (bicyclic) bond motifs is 6. The molecule has 0 unspecified atom stereocenters. The summed E-state index contributed by atoms with van der Waals surface area (Å²) in [5.41, 5.74) is 2.04. The Bertz CT molecular complexity index is 1460. The number of benzene rings is 4. The zero-order valence-electron chi connectivity index (χ0n) is 15.7. The number of rotatable bonds is 3. The Morgan fingerprint density at radius 2 is 1.48 bits per heavy atom. The second kappa shape index (κ2) is 6.83. The number of nitro groups is 1. The summed E-state index contributed by atoms with van der Waals surface area (Å²) in [6, 6.07) is 23.5. The van der Waals surface area contributed by atoms with Crippen molar-refractivity contribution in [2.24, 2.45) is 4.99 Å². The van der Waals surface area contributed by atoms with Crippen molar-refractivity contribution >= 4 is 48.8 Å². The third-order valence-corrected chi connectivity index (χ3v) is 6.19. The van der Waals surface area contributed by atoms with Gasteiger partial charge in [0.15, 0.2) is 4.80 Å². The van der Waals surface area contributed by atoms with Crippen LogP contribution in [-0.2, 0) is 0 Å². The van der Waals surface area contributed by atoms with Gasteiger partial charge in [-0.15, -0.1) is 0 Å². The Labute approximate surface area is 170 Å². The molecule has 1 heterocycles. The minimum absolute atomic E-state index is 0.0816. The van der Waals surface area contributed by atoms with Crippen molar-refractivity contribution in [1.82, 2.24) is 4.57 Å². The van der Waals surface area contributed by atoms with Crippen LogP contribution in [0.15, 0.2) is 77.8 Å². The van der Waals surface area contributed by atoms with Gasteiger partial charge in [0.25, 0.3) is 5.69 Å². The number of hydrogen-bond acceptors (Lipinski definition) is 4. The zero-order valence-corrected chi connectivity index (χ0v) is 16.5. The molecule has 5 rings (SSSR count). The molecule has 0 radical (unpaired) electrons. The van der Waals surface area contributed by atoms with Crippen molar-refractivity contribution in [3.05, 3.63) is 87.7 Å². The fourth-order valence-corrected chi connectivity index (χ4v) is 5.10. The smallest absolute Gasteiger partial charge is 0.269 e. The van der Waals surface area contributed by atoms with E-state index >= 15 is 0 Å². The molecule has 0 aliphatic heterocycles. The van der Waals surface area contributed by atoms with E-state index in [4.69, 9.17) is 4.99 Å². The molecular formula is C23H17N3O2S. The summed E-state index contributed by atoms with van der Waals surface area (Å²) in [6.45, 7) is 2.68. The van der Waals surface area contributed by atoms with Gasteiger partial charge in [-0.25, -0.2) is 0 Å². The topological polar surface area (TPSA) is 60.4 Å². The Balaban J connectivity index is 1.99. The number of aromatic nitrogens is 1. The molecule has 0 N–H and O–H groups in total. The summed E-state index contributed by atoms with van der Waals surface area (Å²) >= 11 is 1.66. The molecule has 6 heteroatoms. The van der Waals surface area contributed by atoms with Gasteiger partial charge >= 0.3 is 0 Å². The molecule has 0 amide bonds. The summed E-state index contributed by atoms with van der Waals surface area (Å²) in [5.74, 6) is 0. The zero-order chi connectivity index (χ0) is 20.0. The van der Waals surface area contributed by atoms with E-state index in [0.717, 1.165) is 21.4 Å². The van der Waals surface area contributed by atoms with Gasteiger partial charge < -0.3 is 0 Å². The normalized spacial score (nSPS) is 12.2. The van der Waals surface area contributed by atoms with Gasteiger partial charge in [0.05, 0.1) is 15.1 Å². The van der Waals surface area contributed by atoms with Crippen molar-refractivity contribution < 1.29 is 4.92 Å². The molecule has 4 aromatic carbocycles. The van der Waals surface area contributed by atoms with Crippen LogP contribution in [0.4, 0.5) is 5.69 Å². The molecule has 5 aromatic rings. The number of non-ortho nitro benzene ring substituents is 1. The van der Waals surface area contributed by atoms with E-state index in [9.17, 15) is 10.1 Å². The first-order chi connectivity index (χ1) is 14.2. The first-order valence-electron chi connectivity index (χ1n) is 9.39. The maximum atomic E-state index is 11.1. The number of nitrogens with zero attached hydrogens (tertiary/aromatic N) is 3. The number of nitro benzene ring substituents is 1. The van der Waals surface area contributed by atoms with Crippen LogP contribution >= 0.6 is 11.3 Å². The molecule has 0 saturated heterocycles. The van der Waals surface area contributed by atoms with Gasteiger partial charge in [0.2, 0.25) is 0 Å². The average Bonchev–Trinajstić information content (AvgIpc) is 3.14. The van der Waals surface area contributed by atoms with Gasteiger partial charge in [0, 0.05) is 35.1 Å².